The number of nitrogens with one attached hydrogen (secondary N) is 2. The van der Waals surface area contributed by atoms with Crippen molar-refractivity contribution >= 4 is 50.8 Å². The molecule has 0 aliphatic carbocycles. The molecule has 0 aliphatic heterocycles. The number of thiophene rings is 1. The molecule has 0 saturated heterocycles. The Morgan fingerprint density at radius 3 is 2.30 bits per heavy atom. The summed E-state index contributed by atoms with van der Waals surface area (Å²) in [5, 5.41) is 6.63. The van der Waals surface area contributed by atoms with E-state index in [4.69, 9.17) is 9.15 Å². The van der Waals surface area contributed by atoms with E-state index in [0.29, 0.717) is 27.3 Å². The number of benzene rings is 2. The lowest BCUT2D eigenvalue weighted by atomic mass is 10.1. The van der Waals surface area contributed by atoms with Crippen molar-refractivity contribution in [2.75, 3.05) is 17.2 Å². The van der Waals surface area contributed by atoms with Crippen LogP contribution < -0.4 is 10.6 Å². The Bertz CT molecular complexity index is 1350. The monoisotopic (exact) mass is 462 g/mol. The second kappa shape index (κ2) is 9.30. The van der Waals surface area contributed by atoms with Crippen molar-refractivity contribution in [3.05, 3.63) is 81.9 Å². The van der Waals surface area contributed by atoms with Crippen LogP contribution in [0.5, 0.6) is 0 Å². The van der Waals surface area contributed by atoms with Crippen molar-refractivity contribution in [1.82, 2.24) is 0 Å². The summed E-state index contributed by atoms with van der Waals surface area (Å²) in [7, 11) is 0. The number of hydrogen-bond acceptors (Lipinski definition) is 6. The van der Waals surface area contributed by atoms with E-state index in [1.54, 1.807) is 39.0 Å². The standard InChI is InChI=1S/C25H22N2O5S/c1-4-31-25(30)19-15(3)21(23(29)26-16-10-6-5-7-11-16)33-24(19)27-22(28)20-14(2)17-12-8-9-13-18(17)32-20/h5-13H,4H2,1-3H3,(H,26,29)(H,27,28). The fourth-order valence-electron chi connectivity index (χ4n) is 3.53. The van der Waals surface area contributed by atoms with Crippen molar-refractivity contribution in [1.29, 1.82) is 0 Å². The lowest BCUT2D eigenvalue weighted by Crippen LogP contribution is -2.15. The number of para-hydroxylation sites is 2. The lowest BCUT2D eigenvalue weighted by Gasteiger charge is -2.06. The minimum absolute atomic E-state index is 0.146. The molecule has 2 aromatic carbocycles. The summed E-state index contributed by atoms with van der Waals surface area (Å²) in [6.07, 6.45) is 0. The Morgan fingerprint density at radius 2 is 1.61 bits per heavy atom. The molecule has 2 heterocycles. The number of ether oxygens (including phenoxy) is 1. The first-order valence-corrected chi connectivity index (χ1v) is 11.2. The van der Waals surface area contributed by atoms with Crippen LogP contribution in [0.4, 0.5) is 10.7 Å². The third-order valence-electron chi connectivity index (χ3n) is 5.14. The quantitative estimate of drug-likeness (QED) is 0.353. The number of esters is 1. The van der Waals surface area contributed by atoms with E-state index in [-0.39, 0.29) is 28.8 Å². The van der Waals surface area contributed by atoms with Gasteiger partial charge in [-0.25, -0.2) is 4.79 Å². The number of aryl methyl sites for hydroxylation is 1. The predicted molar refractivity (Wildman–Crippen MR) is 128 cm³/mol. The van der Waals surface area contributed by atoms with E-state index >= 15 is 0 Å². The SMILES string of the molecule is CCOC(=O)c1c(NC(=O)c2oc3ccccc3c2C)sc(C(=O)Nc2ccccc2)c1C. The van der Waals surface area contributed by atoms with Crippen LogP contribution in [0.3, 0.4) is 0 Å². The van der Waals surface area contributed by atoms with Crippen LogP contribution in [0.1, 0.15) is 48.6 Å². The summed E-state index contributed by atoms with van der Waals surface area (Å²) in [5.74, 6) is -1.35. The Labute approximate surface area is 194 Å². The van der Waals surface area contributed by atoms with Gasteiger partial charge in [-0.15, -0.1) is 11.3 Å². The van der Waals surface area contributed by atoms with Crippen molar-refractivity contribution in [2.24, 2.45) is 0 Å². The fraction of sp³-hybridized carbons (Fsp3) is 0.160. The molecule has 0 bridgehead atoms. The Hall–Kier alpha value is -3.91. The fourth-order valence-corrected chi connectivity index (χ4v) is 4.61. The van der Waals surface area contributed by atoms with Crippen LogP contribution in [-0.4, -0.2) is 24.4 Å². The summed E-state index contributed by atoms with van der Waals surface area (Å²) in [4.78, 5) is 39.0. The molecule has 168 valence electrons. The number of anilines is 2. The maximum atomic E-state index is 13.1. The first-order valence-electron chi connectivity index (χ1n) is 10.4. The highest BCUT2D eigenvalue weighted by Gasteiger charge is 2.28. The molecule has 8 heteroatoms. The number of furan rings is 1. The van der Waals surface area contributed by atoms with Crippen molar-refractivity contribution in [2.45, 2.75) is 20.8 Å². The molecule has 2 N–H and O–H groups in total. The highest BCUT2D eigenvalue weighted by atomic mass is 32.1. The summed E-state index contributed by atoms with van der Waals surface area (Å²) in [6.45, 7) is 5.31. The van der Waals surface area contributed by atoms with Crippen LogP contribution in [0.25, 0.3) is 11.0 Å². The zero-order chi connectivity index (χ0) is 23.5. The number of amides is 2. The summed E-state index contributed by atoms with van der Waals surface area (Å²) in [5.41, 5.74) is 2.49. The number of rotatable bonds is 6. The first kappa shape index (κ1) is 22.3. The van der Waals surface area contributed by atoms with Crippen LogP contribution >= 0.6 is 11.3 Å². The molecule has 0 atom stereocenters. The van der Waals surface area contributed by atoms with E-state index < -0.39 is 11.9 Å². The number of hydrogen-bond donors (Lipinski definition) is 2. The molecule has 0 unspecified atom stereocenters. The molecule has 4 aromatic rings. The molecule has 0 fully saturated rings. The molecular weight excluding hydrogens is 440 g/mol. The van der Waals surface area contributed by atoms with E-state index in [2.05, 4.69) is 10.6 Å². The van der Waals surface area contributed by atoms with E-state index in [0.717, 1.165) is 16.7 Å². The number of carbonyl (C=O) groups excluding carboxylic acids is 3. The van der Waals surface area contributed by atoms with Gasteiger partial charge in [0.1, 0.15) is 10.6 Å². The van der Waals surface area contributed by atoms with Crippen LogP contribution in [-0.2, 0) is 4.74 Å². The molecule has 0 radical (unpaired) electrons. The molecule has 0 aliphatic rings. The second-order valence-electron chi connectivity index (χ2n) is 7.31. The smallest absolute Gasteiger partial charge is 0.341 e. The van der Waals surface area contributed by atoms with Crippen molar-refractivity contribution in [3.8, 4) is 0 Å². The van der Waals surface area contributed by atoms with Gasteiger partial charge in [-0.2, -0.15) is 0 Å². The molecule has 7 nitrogen and oxygen atoms in total. The lowest BCUT2D eigenvalue weighted by molar-refractivity contribution is 0.0527. The highest BCUT2D eigenvalue weighted by Crippen LogP contribution is 2.35. The van der Waals surface area contributed by atoms with Crippen LogP contribution in [0.2, 0.25) is 0 Å². The van der Waals surface area contributed by atoms with Crippen LogP contribution in [0, 0.1) is 13.8 Å². The largest absolute Gasteiger partial charge is 0.462 e. The normalized spacial score (nSPS) is 10.8. The highest BCUT2D eigenvalue weighted by molar-refractivity contribution is 7.19. The Morgan fingerprint density at radius 1 is 0.909 bits per heavy atom. The van der Waals surface area contributed by atoms with Gasteiger partial charge >= 0.3 is 5.97 Å². The van der Waals surface area contributed by atoms with Gasteiger partial charge < -0.3 is 19.8 Å². The zero-order valence-corrected chi connectivity index (χ0v) is 19.2. The average Bonchev–Trinajstić information content (AvgIpc) is 3.31. The third kappa shape index (κ3) is 4.38. The van der Waals surface area contributed by atoms with Gasteiger partial charge in [0.25, 0.3) is 11.8 Å². The maximum Gasteiger partial charge on any atom is 0.341 e. The third-order valence-corrected chi connectivity index (χ3v) is 6.35. The summed E-state index contributed by atoms with van der Waals surface area (Å²) in [6, 6.07) is 16.3. The van der Waals surface area contributed by atoms with Gasteiger partial charge in [-0.1, -0.05) is 36.4 Å². The Balaban J connectivity index is 1.69. The molecule has 0 saturated carbocycles. The Kier molecular flexibility index (Phi) is 6.28. The van der Waals surface area contributed by atoms with Gasteiger partial charge in [-0.05, 0) is 44.5 Å². The predicted octanol–water partition coefficient (Wildman–Crippen LogP) is 5.79. The topological polar surface area (TPSA) is 97.6 Å². The number of carbonyl (C=O) groups is 3. The summed E-state index contributed by atoms with van der Waals surface area (Å²) < 4.78 is 10.9. The van der Waals surface area contributed by atoms with Crippen molar-refractivity contribution in [3.63, 3.8) is 0 Å². The minimum Gasteiger partial charge on any atom is -0.462 e. The van der Waals surface area contributed by atoms with Crippen LogP contribution in [0.15, 0.2) is 59.0 Å². The van der Waals surface area contributed by atoms with Gasteiger partial charge in [0.15, 0.2) is 5.76 Å². The maximum absolute atomic E-state index is 13.1. The van der Waals surface area contributed by atoms with E-state index in [1.807, 2.05) is 36.4 Å². The van der Waals surface area contributed by atoms with Gasteiger partial charge in [0, 0.05) is 16.6 Å². The second-order valence-corrected chi connectivity index (χ2v) is 8.33. The molecule has 4 rings (SSSR count). The molecular formula is C25H22N2O5S. The minimum atomic E-state index is -0.610. The molecule has 33 heavy (non-hydrogen) atoms. The molecule has 2 amide bonds. The van der Waals surface area contributed by atoms with Gasteiger partial charge in [0.05, 0.1) is 17.0 Å². The molecule has 2 aromatic heterocycles. The zero-order valence-electron chi connectivity index (χ0n) is 18.4. The van der Waals surface area contributed by atoms with E-state index in [1.165, 1.54) is 0 Å². The van der Waals surface area contributed by atoms with Gasteiger partial charge in [-0.3, -0.25) is 9.59 Å². The first-order chi connectivity index (χ1) is 15.9. The average molecular weight is 463 g/mol. The van der Waals surface area contributed by atoms with E-state index in [9.17, 15) is 14.4 Å². The molecule has 0 spiro atoms. The van der Waals surface area contributed by atoms with Gasteiger partial charge in [0.2, 0.25) is 0 Å². The summed E-state index contributed by atoms with van der Waals surface area (Å²) >= 11 is 1.02. The number of fused-ring (bicyclic) bond motifs is 1. The van der Waals surface area contributed by atoms with Crippen molar-refractivity contribution < 1.29 is 23.5 Å².